The Morgan fingerprint density at radius 1 is 1.64 bits per heavy atom. The first kappa shape index (κ1) is 9.90. The lowest BCUT2D eigenvalue weighted by Gasteiger charge is -2.09. The Morgan fingerprint density at radius 3 is 2.45 bits per heavy atom. The molecule has 11 heavy (non-hydrogen) atoms. The van der Waals surface area contributed by atoms with Crippen molar-refractivity contribution in [2.24, 2.45) is 0 Å². The number of hydrogen-bond acceptors (Lipinski definition) is 3. The third-order valence-electron chi connectivity index (χ3n) is 1.18. The Morgan fingerprint density at radius 2 is 2.18 bits per heavy atom. The zero-order valence-corrected chi connectivity index (χ0v) is 6.46. The highest BCUT2D eigenvalue weighted by atomic mass is 16.5. The minimum Gasteiger partial charge on any atom is -0.481 e. The minimum absolute atomic E-state index is 0.309. The summed E-state index contributed by atoms with van der Waals surface area (Å²) in [5.41, 5.74) is 0. The lowest BCUT2D eigenvalue weighted by atomic mass is 10.2. The lowest BCUT2D eigenvalue weighted by Crippen LogP contribution is -2.34. The summed E-state index contributed by atoms with van der Waals surface area (Å²) in [7, 11) is 2.72. The van der Waals surface area contributed by atoms with Gasteiger partial charge in [-0.15, -0.1) is 0 Å². The van der Waals surface area contributed by atoms with Crippen LogP contribution < -0.4 is 5.32 Å². The largest absolute Gasteiger partial charge is 0.481 e. The first-order valence-electron chi connectivity index (χ1n) is 3.08. The van der Waals surface area contributed by atoms with Crippen molar-refractivity contribution >= 4 is 11.9 Å². The van der Waals surface area contributed by atoms with Crippen LogP contribution in [0, 0.1) is 0 Å². The molecule has 0 saturated heterocycles. The molecular weight excluding hydrogens is 150 g/mol. The first-order chi connectivity index (χ1) is 5.11. The fourth-order valence-corrected chi connectivity index (χ4v) is 0.603. The molecule has 2 N–H and O–H groups in total. The molecular formula is C6H11NO4. The average molecular weight is 161 g/mol. The van der Waals surface area contributed by atoms with E-state index in [4.69, 9.17) is 5.11 Å². The van der Waals surface area contributed by atoms with Crippen LogP contribution in [0.2, 0.25) is 0 Å². The van der Waals surface area contributed by atoms with Crippen LogP contribution in [0.3, 0.4) is 0 Å². The summed E-state index contributed by atoms with van der Waals surface area (Å²) in [6.45, 7) is 0. The second-order valence-corrected chi connectivity index (χ2v) is 1.94. The normalized spacial score (nSPS) is 12.2. The zero-order valence-electron chi connectivity index (χ0n) is 6.46. The van der Waals surface area contributed by atoms with E-state index in [0.29, 0.717) is 0 Å². The molecule has 0 aromatic carbocycles. The standard InChI is InChI=1S/C6H11NO4/c1-7-6(10)4(11-2)3-5(8)9/h4H,3H2,1-2H3,(H,7,10)(H,8,9). The molecule has 64 valence electrons. The van der Waals surface area contributed by atoms with Gasteiger partial charge in [0, 0.05) is 14.2 Å². The molecule has 0 spiro atoms. The van der Waals surface area contributed by atoms with E-state index in [0.717, 1.165) is 0 Å². The van der Waals surface area contributed by atoms with Gasteiger partial charge in [0.1, 0.15) is 6.10 Å². The highest BCUT2D eigenvalue weighted by Gasteiger charge is 2.19. The average Bonchev–Trinajstić information content (AvgIpc) is 1.98. The van der Waals surface area contributed by atoms with Crippen molar-refractivity contribution in [1.82, 2.24) is 5.32 Å². The molecule has 1 atom stereocenters. The molecule has 0 radical (unpaired) electrons. The maximum absolute atomic E-state index is 10.8. The van der Waals surface area contributed by atoms with Crippen LogP contribution in [-0.4, -0.2) is 37.2 Å². The quantitative estimate of drug-likeness (QED) is 0.567. The Bertz CT molecular complexity index is 157. The predicted octanol–water partition coefficient (Wildman–Crippen LogP) is -0.778. The Labute approximate surface area is 64.3 Å². The number of carbonyl (C=O) groups excluding carboxylic acids is 1. The Kier molecular flexibility index (Phi) is 4.21. The molecule has 5 heteroatoms. The smallest absolute Gasteiger partial charge is 0.306 e. The van der Waals surface area contributed by atoms with Gasteiger partial charge in [-0.25, -0.2) is 0 Å². The van der Waals surface area contributed by atoms with Gasteiger partial charge in [-0.2, -0.15) is 0 Å². The molecule has 0 rings (SSSR count). The van der Waals surface area contributed by atoms with Crippen molar-refractivity contribution in [2.75, 3.05) is 14.2 Å². The SMILES string of the molecule is CNC(=O)C(CC(=O)O)OC. The van der Waals surface area contributed by atoms with Gasteiger partial charge in [0.05, 0.1) is 6.42 Å². The van der Waals surface area contributed by atoms with E-state index in [-0.39, 0.29) is 6.42 Å². The number of methoxy groups -OCH3 is 1. The van der Waals surface area contributed by atoms with Crippen LogP contribution in [0.25, 0.3) is 0 Å². The number of rotatable bonds is 4. The molecule has 0 saturated carbocycles. The van der Waals surface area contributed by atoms with Crippen molar-refractivity contribution in [3.63, 3.8) is 0 Å². The summed E-state index contributed by atoms with van der Waals surface area (Å²) in [5, 5.41) is 10.6. The lowest BCUT2D eigenvalue weighted by molar-refractivity contribution is -0.145. The number of nitrogens with one attached hydrogen (secondary N) is 1. The summed E-state index contributed by atoms with van der Waals surface area (Å²) in [6.07, 6.45) is -1.20. The maximum Gasteiger partial charge on any atom is 0.306 e. The van der Waals surface area contributed by atoms with Gasteiger partial charge in [0.2, 0.25) is 5.91 Å². The van der Waals surface area contributed by atoms with Crippen LogP contribution in [-0.2, 0) is 14.3 Å². The van der Waals surface area contributed by atoms with E-state index in [9.17, 15) is 9.59 Å². The maximum atomic E-state index is 10.8. The zero-order chi connectivity index (χ0) is 8.85. The molecule has 1 amide bonds. The number of carboxylic acids is 1. The molecule has 0 aliphatic heterocycles. The number of aliphatic carboxylic acids is 1. The van der Waals surface area contributed by atoms with Crippen molar-refractivity contribution in [1.29, 1.82) is 0 Å². The summed E-state index contributed by atoms with van der Waals surface area (Å²) in [4.78, 5) is 20.9. The molecule has 5 nitrogen and oxygen atoms in total. The Balaban J connectivity index is 3.94. The van der Waals surface area contributed by atoms with Gasteiger partial charge in [-0.3, -0.25) is 9.59 Å². The van der Waals surface area contributed by atoms with Crippen LogP contribution in [0.5, 0.6) is 0 Å². The molecule has 0 aliphatic carbocycles. The highest BCUT2D eigenvalue weighted by molar-refractivity contribution is 5.84. The third-order valence-corrected chi connectivity index (χ3v) is 1.18. The topological polar surface area (TPSA) is 75.6 Å². The molecule has 0 aromatic heterocycles. The van der Waals surface area contributed by atoms with Crippen LogP contribution in [0.4, 0.5) is 0 Å². The number of carboxylic acid groups (broad SMARTS) is 1. The number of ether oxygens (including phenoxy) is 1. The summed E-state index contributed by atoms with van der Waals surface area (Å²) in [6, 6.07) is 0. The van der Waals surface area contributed by atoms with Crippen LogP contribution in [0.15, 0.2) is 0 Å². The van der Waals surface area contributed by atoms with E-state index in [2.05, 4.69) is 10.1 Å². The van der Waals surface area contributed by atoms with Gasteiger partial charge in [0.15, 0.2) is 0 Å². The van der Waals surface area contributed by atoms with Crippen molar-refractivity contribution in [3.05, 3.63) is 0 Å². The first-order valence-corrected chi connectivity index (χ1v) is 3.08. The molecule has 0 heterocycles. The predicted molar refractivity (Wildman–Crippen MR) is 37.1 cm³/mol. The second kappa shape index (κ2) is 4.68. The number of hydrogen-bond donors (Lipinski definition) is 2. The van der Waals surface area contributed by atoms with Crippen molar-refractivity contribution < 1.29 is 19.4 Å². The van der Waals surface area contributed by atoms with Crippen molar-refractivity contribution in [2.45, 2.75) is 12.5 Å². The van der Waals surface area contributed by atoms with Crippen LogP contribution in [0.1, 0.15) is 6.42 Å². The summed E-state index contributed by atoms with van der Waals surface area (Å²) in [5.74, 6) is -1.48. The Hall–Kier alpha value is -1.10. The minimum atomic E-state index is -1.06. The fraction of sp³-hybridized carbons (Fsp3) is 0.667. The third kappa shape index (κ3) is 3.57. The summed E-state index contributed by atoms with van der Waals surface area (Å²) >= 11 is 0. The monoisotopic (exact) mass is 161 g/mol. The second-order valence-electron chi connectivity index (χ2n) is 1.94. The summed E-state index contributed by atoms with van der Waals surface area (Å²) < 4.78 is 4.62. The number of likely N-dealkylation sites (N-methyl/N-ethyl adjacent to an activating group) is 1. The van der Waals surface area contributed by atoms with Gasteiger partial charge in [-0.05, 0) is 0 Å². The van der Waals surface area contributed by atoms with E-state index in [1.54, 1.807) is 0 Å². The van der Waals surface area contributed by atoms with E-state index in [1.807, 2.05) is 0 Å². The van der Waals surface area contributed by atoms with E-state index < -0.39 is 18.0 Å². The van der Waals surface area contributed by atoms with Gasteiger partial charge < -0.3 is 15.2 Å². The van der Waals surface area contributed by atoms with Gasteiger partial charge in [0.25, 0.3) is 0 Å². The number of carbonyl (C=O) groups is 2. The van der Waals surface area contributed by atoms with Crippen LogP contribution >= 0.6 is 0 Å². The van der Waals surface area contributed by atoms with E-state index >= 15 is 0 Å². The molecule has 1 unspecified atom stereocenters. The van der Waals surface area contributed by atoms with Gasteiger partial charge >= 0.3 is 5.97 Å². The van der Waals surface area contributed by atoms with E-state index in [1.165, 1.54) is 14.2 Å². The molecule has 0 bridgehead atoms. The van der Waals surface area contributed by atoms with Gasteiger partial charge in [-0.1, -0.05) is 0 Å². The highest BCUT2D eigenvalue weighted by Crippen LogP contribution is 1.96. The molecule has 0 aromatic rings. The number of amides is 1. The van der Waals surface area contributed by atoms with Crippen molar-refractivity contribution in [3.8, 4) is 0 Å². The molecule has 0 aliphatic rings. The molecule has 0 fully saturated rings. The fourth-order valence-electron chi connectivity index (χ4n) is 0.603.